The second kappa shape index (κ2) is 4.44. The number of hydrogen-bond acceptors (Lipinski definition) is 2. The molecule has 2 amide bonds. The maximum atomic E-state index is 12.4. The zero-order valence-electron chi connectivity index (χ0n) is 11.2. The molecule has 0 aromatic heterocycles. The minimum absolute atomic E-state index is 0.0548. The highest BCUT2D eigenvalue weighted by Gasteiger charge is 2.38. The van der Waals surface area contributed by atoms with Gasteiger partial charge in [0.2, 0.25) is 5.91 Å². The number of rotatable bonds is 2. The topological polar surface area (TPSA) is 49.4 Å². The molecule has 2 rings (SSSR count). The Labute approximate surface area is 107 Å². The normalized spacial score (nSPS) is 18.2. The van der Waals surface area contributed by atoms with Gasteiger partial charge in [-0.05, 0) is 26.8 Å². The monoisotopic (exact) mass is 246 g/mol. The first kappa shape index (κ1) is 12.6. The molecule has 1 N–H and O–H groups in total. The summed E-state index contributed by atoms with van der Waals surface area (Å²) in [5.74, 6) is -0.243. The summed E-state index contributed by atoms with van der Waals surface area (Å²) in [5.41, 5.74) is 2.88. The van der Waals surface area contributed by atoms with Gasteiger partial charge in [-0.2, -0.15) is 0 Å². The third-order valence-corrected chi connectivity index (χ3v) is 3.10. The minimum Gasteiger partial charge on any atom is -0.341 e. The van der Waals surface area contributed by atoms with Crippen molar-refractivity contribution in [3.8, 4) is 0 Å². The lowest BCUT2D eigenvalue weighted by molar-refractivity contribution is -0.126. The number of nitrogens with zero attached hydrogens (tertiary/aromatic N) is 1. The molecule has 0 unspecified atom stereocenters. The molecule has 0 aliphatic carbocycles. The fourth-order valence-corrected chi connectivity index (χ4v) is 2.39. The second-order valence-corrected chi connectivity index (χ2v) is 5.00. The lowest BCUT2D eigenvalue weighted by Gasteiger charge is -2.22. The van der Waals surface area contributed by atoms with Gasteiger partial charge in [0, 0.05) is 24.2 Å². The van der Waals surface area contributed by atoms with Gasteiger partial charge in [0.25, 0.3) is 5.91 Å². The predicted octanol–water partition coefficient (Wildman–Crippen LogP) is 1.93. The average Bonchev–Trinajstić information content (AvgIpc) is 2.52. The number of aryl methyl sites for hydroxylation is 1. The molecular formula is C14H18N2O2. The van der Waals surface area contributed by atoms with Crippen LogP contribution in [0.3, 0.4) is 0 Å². The first-order valence-corrected chi connectivity index (χ1v) is 6.12. The van der Waals surface area contributed by atoms with E-state index in [1.54, 1.807) is 4.90 Å². The minimum atomic E-state index is -0.542. The third kappa shape index (κ3) is 1.98. The molecule has 1 atom stereocenters. The van der Waals surface area contributed by atoms with Crippen molar-refractivity contribution in [2.75, 3.05) is 4.90 Å². The van der Waals surface area contributed by atoms with Gasteiger partial charge in [-0.15, -0.1) is 0 Å². The molecule has 1 heterocycles. The van der Waals surface area contributed by atoms with Crippen LogP contribution in [-0.4, -0.2) is 17.9 Å². The largest absolute Gasteiger partial charge is 0.341 e. The van der Waals surface area contributed by atoms with Gasteiger partial charge >= 0.3 is 0 Å². The van der Waals surface area contributed by atoms with Crippen LogP contribution in [0.5, 0.6) is 0 Å². The summed E-state index contributed by atoms with van der Waals surface area (Å²) >= 11 is 0. The van der Waals surface area contributed by atoms with E-state index < -0.39 is 6.04 Å². The van der Waals surface area contributed by atoms with E-state index in [9.17, 15) is 9.59 Å². The zero-order chi connectivity index (χ0) is 13.4. The second-order valence-electron chi connectivity index (χ2n) is 5.00. The van der Waals surface area contributed by atoms with E-state index in [1.807, 2.05) is 39.0 Å². The Balaban J connectivity index is 2.50. The molecule has 4 nitrogen and oxygen atoms in total. The molecule has 0 saturated carbocycles. The van der Waals surface area contributed by atoms with E-state index in [1.165, 1.54) is 6.92 Å². The summed E-state index contributed by atoms with van der Waals surface area (Å²) < 4.78 is 0. The Morgan fingerprint density at radius 2 is 2.06 bits per heavy atom. The summed E-state index contributed by atoms with van der Waals surface area (Å²) in [6, 6.07) is 5.44. The van der Waals surface area contributed by atoms with Crippen LogP contribution in [0.2, 0.25) is 0 Å². The van der Waals surface area contributed by atoms with Crippen LogP contribution in [0.1, 0.15) is 37.9 Å². The van der Waals surface area contributed by atoms with Gasteiger partial charge in [-0.3, -0.25) is 9.59 Å². The molecule has 0 fully saturated rings. The molecule has 0 spiro atoms. The molecule has 0 saturated heterocycles. The first-order valence-electron chi connectivity index (χ1n) is 6.12. The molecule has 1 aliphatic heterocycles. The van der Waals surface area contributed by atoms with Crippen molar-refractivity contribution in [3.63, 3.8) is 0 Å². The van der Waals surface area contributed by atoms with Crippen molar-refractivity contribution in [1.82, 2.24) is 5.32 Å². The molecule has 18 heavy (non-hydrogen) atoms. The van der Waals surface area contributed by atoms with Crippen molar-refractivity contribution < 1.29 is 9.59 Å². The Morgan fingerprint density at radius 1 is 1.39 bits per heavy atom. The van der Waals surface area contributed by atoms with Crippen LogP contribution >= 0.6 is 0 Å². The van der Waals surface area contributed by atoms with E-state index in [0.29, 0.717) is 0 Å². The van der Waals surface area contributed by atoms with Gasteiger partial charge in [0.05, 0.1) is 0 Å². The van der Waals surface area contributed by atoms with Crippen molar-refractivity contribution in [2.45, 2.75) is 39.8 Å². The smallest absolute Gasteiger partial charge is 0.254 e. The number of anilines is 1. The van der Waals surface area contributed by atoms with Crippen LogP contribution in [0.4, 0.5) is 5.69 Å². The lowest BCUT2D eigenvalue weighted by Crippen LogP contribution is -2.39. The lowest BCUT2D eigenvalue weighted by atomic mass is 10.1. The highest BCUT2D eigenvalue weighted by molar-refractivity contribution is 6.06. The maximum absolute atomic E-state index is 12.4. The third-order valence-electron chi connectivity index (χ3n) is 3.10. The highest BCUT2D eigenvalue weighted by atomic mass is 16.2. The molecule has 0 radical (unpaired) electrons. The molecule has 1 aromatic carbocycles. The fraction of sp³-hybridized carbons (Fsp3) is 0.429. The van der Waals surface area contributed by atoms with E-state index in [-0.39, 0.29) is 17.9 Å². The summed E-state index contributed by atoms with van der Waals surface area (Å²) in [5, 5.41) is 2.73. The molecule has 1 aromatic rings. The van der Waals surface area contributed by atoms with E-state index >= 15 is 0 Å². The van der Waals surface area contributed by atoms with Crippen LogP contribution in [-0.2, 0) is 9.59 Å². The molecule has 0 bridgehead atoms. The quantitative estimate of drug-likeness (QED) is 0.866. The number of amides is 2. The van der Waals surface area contributed by atoms with Crippen molar-refractivity contribution in [2.24, 2.45) is 0 Å². The van der Waals surface area contributed by atoms with E-state index in [4.69, 9.17) is 0 Å². The number of carbonyl (C=O) groups is 2. The van der Waals surface area contributed by atoms with Crippen LogP contribution in [0.25, 0.3) is 0 Å². The number of hydrogen-bond donors (Lipinski definition) is 1. The van der Waals surface area contributed by atoms with Gasteiger partial charge in [0.15, 0.2) is 0 Å². The van der Waals surface area contributed by atoms with Gasteiger partial charge in [0.1, 0.15) is 6.04 Å². The van der Waals surface area contributed by atoms with Crippen LogP contribution in [0.15, 0.2) is 18.2 Å². The molecule has 96 valence electrons. The van der Waals surface area contributed by atoms with Crippen molar-refractivity contribution in [1.29, 1.82) is 0 Å². The first-order chi connectivity index (χ1) is 8.41. The zero-order valence-corrected chi connectivity index (χ0v) is 11.2. The molecular weight excluding hydrogens is 228 g/mol. The average molecular weight is 246 g/mol. The molecule has 4 heteroatoms. The summed E-state index contributed by atoms with van der Waals surface area (Å²) in [6.45, 7) is 7.35. The predicted molar refractivity (Wildman–Crippen MR) is 70.4 cm³/mol. The Bertz CT molecular complexity index is 509. The number of benzene rings is 1. The SMILES string of the molecule is CC(=O)N[C@@H]1C(=O)N(C(C)C)c2ccc(C)cc21. The molecule has 1 aliphatic rings. The number of fused-ring (bicyclic) bond motifs is 1. The van der Waals surface area contributed by atoms with Crippen molar-refractivity contribution >= 4 is 17.5 Å². The Kier molecular flexibility index (Phi) is 3.11. The fourth-order valence-electron chi connectivity index (χ4n) is 2.39. The van der Waals surface area contributed by atoms with Gasteiger partial charge in [-0.25, -0.2) is 0 Å². The maximum Gasteiger partial charge on any atom is 0.254 e. The van der Waals surface area contributed by atoms with Gasteiger partial charge < -0.3 is 10.2 Å². The highest BCUT2D eigenvalue weighted by Crippen LogP contribution is 2.37. The summed E-state index contributed by atoms with van der Waals surface area (Å²) in [6.07, 6.45) is 0. The van der Waals surface area contributed by atoms with Crippen molar-refractivity contribution in [3.05, 3.63) is 29.3 Å². The summed E-state index contributed by atoms with van der Waals surface area (Å²) in [7, 11) is 0. The standard InChI is InChI=1S/C14H18N2O2/c1-8(2)16-12-6-5-9(3)7-11(12)13(14(16)18)15-10(4)17/h5-8,13H,1-4H3,(H,15,17)/t13-/m0/s1. The Morgan fingerprint density at radius 3 is 2.61 bits per heavy atom. The number of nitrogens with one attached hydrogen (secondary N) is 1. The van der Waals surface area contributed by atoms with E-state index in [0.717, 1.165) is 16.8 Å². The number of carbonyl (C=O) groups excluding carboxylic acids is 2. The van der Waals surface area contributed by atoms with E-state index in [2.05, 4.69) is 5.32 Å². The Hall–Kier alpha value is -1.84. The van der Waals surface area contributed by atoms with Crippen LogP contribution in [0, 0.1) is 6.92 Å². The van der Waals surface area contributed by atoms with Crippen LogP contribution < -0.4 is 10.2 Å². The summed E-state index contributed by atoms with van der Waals surface area (Å²) in [4.78, 5) is 25.3. The van der Waals surface area contributed by atoms with Gasteiger partial charge in [-0.1, -0.05) is 17.7 Å².